The van der Waals surface area contributed by atoms with Crippen molar-refractivity contribution in [1.82, 2.24) is 0 Å². The molecule has 0 heterocycles. The lowest BCUT2D eigenvalue weighted by Crippen LogP contribution is -2.17. The topological polar surface area (TPSA) is 3.24 Å². The third-order valence-corrected chi connectivity index (χ3v) is 8.05. The molecule has 38 heavy (non-hydrogen) atoms. The molecular formula is C37H29N. The third-order valence-electron chi connectivity index (χ3n) is 8.05. The minimum Gasteiger partial charge on any atom is -0.310 e. The monoisotopic (exact) mass is 487 g/mol. The van der Waals surface area contributed by atoms with Gasteiger partial charge < -0.3 is 4.90 Å². The van der Waals surface area contributed by atoms with Gasteiger partial charge >= 0.3 is 0 Å². The largest absolute Gasteiger partial charge is 0.310 e. The van der Waals surface area contributed by atoms with Crippen molar-refractivity contribution in [2.24, 2.45) is 0 Å². The van der Waals surface area contributed by atoms with Crippen molar-refractivity contribution in [3.63, 3.8) is 0 Å². The summed E-state index contributed by atoms with van der Waals surface area (Å²) in [5.41, 5.74) is 11.4. The molecule has 0 bridgehead atoms. The Morgan fingerprint density at radius 2 is 1.16 bits per heavy atom. The maximum absolute atomic E-state index is 2.42. The van der Waals surface area contributed by atoms with Gasteiger partial charge in [0.05, 0.1) is 5.69 Å². The zero-order valence-corrected chi connectivity index (χ0v) is 21.7. The second-order valence-corrected chi connectivity index (χ2v) is 10.6. The van der Waals surface area contributed by atoms with E-state index in [1.807, 2.05) is 0 Å². The Morgan fingerprint density at radius 1 is 0.500 bits per heavy atom. The van der Waals surface area contributed by atoms with Gasteiger partial charge in [-0.15, -0.1) is 0 Å². The second kappa shape index (κ2) is 8.75. The third kappa shape index (κ3) is 3.47. The van der Waals surface area contributed by atoms with E-state index in [1.165, 1.54) is 55.5 Å². The normalized spacial score (nSPS) is 13.2. The van der Waals surface area contributed by atoms with Crippen LogP contribution in [0.5, 0.6) is 0 Å². The first-order valence-corrected chi connectivity index (χ1v) is 13.3. The number of para-hydroxylation sites is 1. The highest BCUT2D eigenvalue weighted by atomic mass is 15.1. The molecule has 6 aromatic carbocycles. The summed E-state index contributed by atoms with van der Waals surface area (Å²) in [5, 5.41) is 2.50. The van der Waals surface area contributed by atoms with Gasteiger partial charge in [0.15, 0.2) is 0 Å². The second-order valence-electron chi connectivity index (χ2n) is 10.6. The molecule has 182 valence electrons. The minimum atomic E-state index is -0.0596. The molecule has 1 aliphatic carbocycles. The Morgan fingerprint density at radius 3 is 1.97 bits per heavy atom. The minimum absolute atomic E-state index is 0.0596. The van der Waals surface area contributed by atoms with E-state index < -0.39 is 0 Å². The van der Waals surface area contributed by atoms with Crippen molar-refractivity contribution < 1.29 is 0 Å². The van der Waals surface area contributed by atoms with Crippen LogP contribution in [0.25, 0.3) is 33.0 Å². The highest BCUT2D eigenvalue weighted by Crippen LogP contribution is 2.51. The average molecular weight is 488 g/mol. The molecule has 0 spiro atoms. The van der Waals surface area contributed by atoms with E-state index in [4.69, 9.17) is 0 Å². The molecule has 1 heteroatoms. The van der Waals surface area contributed by atoms with Gasteiger partial charge in [0.1, 0.15) is 0 Å². The zero-order chi connectivity index (χ0) is 25.7. The quantitative estimate of drug-likeness (QED) is 0.239. The van der Waals surface area contributed by atoms with E-state index in [0.29, 0.717) is 0 Å². The van der Waals surface area contributed by atoms with Crippen molar-refractivity contribution in [2.75, 3.05) is 4.90 Å². The number of hydrogen-bond acceptors (Lipinski definition) is 1. The maximum Gasteiger partial charge on any atom is 0.0546 e. The predicted molar refractivity (Wildman–Crippen MR) is 162 cm³/mol. The van der Waals surface area contributed by atoms with Gasteiger partial charge in [0.25, 0.3) is 0 Å². The zero-order valence-electron chi connectivity index (χ0n) is 21.7. The molecule has 6 aromatic rings. The summed E-state index contributed by atoms with van der Waals surface area (Å²) in [7, 11) is 0. The summed E-state index contributed by atoms with van der Waals surface area (Å²) in [6, 6.07) is 50.6. The lowest BCUT2D eigenvalue weighted by Gasteiger charge is -2.30. The number of fused-ring (bicyclic) bond motifs is 4. The van der Waals surface area contributed by atoms with Crippen LogP contribution in [0.4, 0.5) is 17.1 Å². The summed E-state index contributed by atoms with van der Waals surface area (Å²) in [6.45, 7) is 4.69. The summed E-state index contributed by atoms with van der Waals surface area (Å²) in [4.78, 5) is 2.42. The first-order chi connectivity index (χ1) is 18.6. The maximum atomic E-state index is 2.42. The Kier molecular flexibility index (Phi) is 5.19. The molecule has 0 saturated carbocycles. The molecule has 0 fully saturated rings. The highest BCUT2D eigenvalue weighted by Gasteiger charge is 2.35. The number of benzene rings is 6. The molecule has 0 unspecified atom stereocenters. The molecule has 0 radical (unpaired) electrons. The van der Waals surface area contributed by atoms with E-state index in [-0.39, 0.29) is 5.41 Å². The average Bonchev–Trinajstić information content (AvgIpc) is 3.20. The van der Waals surface area contributed by atoms with Crippen molar-refractivity contribution in [2.45, 2.75) is 19.3 Å². The Bertz CT molecular complexity index is 1780. The van der Waals surface area contributed by atoms with E-state index in [9.17, 15) is 0 Å². The van der Waals surface area contributed by atoms with Crippen molar-refractivity contribution in [1.29, 1.82) is 0 Å². The van der Waals surface area contributed by atoms with Crippen LogP contribution in [0, 0.1) is 0 Å². The Labute approximate surface area is 224 Å². The van der Waals surface area contributed by atoms with E-state index >= 15 is 0 Å². The van der Waals surface area contributed by atoms with Gasteiger partial charge in [-0.25, -0.2) is 0 Å². The fourth-order valence-electron chi connectivity index (χ4n) is 6.19. The number of anilines is 3. The van der Waals surface area contributed by atoms with E-state index in [1.54, 1.807) is 0 Å². The standard InChI is InChI=1S/C37H29N/c1-37(2)33-20-12-11-19-31(33)32-23-22-29(25-34(32)37)38(28-16-7-4-8-17-28)35-24-21-26-13-9-10-18-30(26)36(35)27-14-5-3-6-15-27/h3-25H,1-2H3. The van der Waals surface area contributed by atoms with Gasteiger partial charge in [-0.1, -0.05) is 123 Å². The van der Waals surface area contributed by atoms with Gasteiger partial charge in [0, 0.05) is 22.4 Å². The van der Waals surface area contributed by atoms with E-state index in [2.05, 4.69) is 158 Å². The molecule has 0 N–H and O–H groups in total. The van der Waals surface area contributed by atoms with Crippen LogP contribution in [0.3, 0.4) is 0 Å². The van der Waals surface area contributed by atoms with Crippen LogP contribution >= 0.6 is 0 Å². The molecule has 0 amide bonds. The van der Waals surface area contributed by atoms with Crippen LogP contribution in [-0.2, 0) is 5.41 Å². The fraction of sp³-hybridized carbons (Fsp3) is 0.0811. The van der Waals surface area contributed by atoms with Gasteiger partial charge in [-0.3, -0.25) is 0 Å². The molecular weight excluding hydrogens is 458 g/mol. The number of hydrogen-bond donors (Lipinski definition) is 0. The van der Waals surface area contributed by atoms with Crippen LogP contribution in [0.1, 0.15) is 25.0 Å². The molecule has 0 atom stereocenters. The fourth-order valence-corrected chi connectivity index (χ4v) is 6.19. The van der Waals surface area contributed by atoms with Gasteiger partial charge in [-0.05, 0) is 68.9 Å². The molecule has 0 aliphatic heterocycles. The number of nitrogens with zero attached hydrogens (tertiary/aromatic N) is 1. The summed E-state index contributed by atoms with van der Waals surface area (Å²) >= 11 is 0. The SMILES string of the molecule is CC1(C)c2ccccc2-c2ccc(N(c3ccccc3)c3ccc4ccccc4c3-c3ccccc3)cc21. The van der Waals surface area contributed by atoms with Crippen LogP contribution in [0.2, 0.25) is 0 Å². The predicted octanol–water partition coefficient (Wildman–Crippen LogP) is 10.3. The van der Waals surface area contributed by atoms with Crippen molar-refractivity contribution in [3.8, 4) is 22.3 Å². The van der Waals surface area contributed by atoms with E-state index in [0.717, 1.165) is 5.69 Å². The van der Waals surface area contributed by atoms with Crippen LogP contribution in [0.15, 0.2) is 140 Å². The summed E-state index contributed by atoms with van der Waals surface area (Å²) in [6.07, 6.45) is 0. The summed E-state index contributed by atoms with van der Waals surface area (Å²) < 4.78 is 0. The lowest BCUT2D eigenvalue weighted by atomic mass is 9.82. The smallest absolute Gasteiger partial charge is 0.0546 e. The van der Waals surface area contributed by atoms with Crippen LogP contribution < -0.4 is 4.90 Å². The van der Waals surface area contributed by atoms with Gasteiger partial charge in [-0.2, -0.15) is 0 Å². The lowest BCUT2D eigenvalue weighted by molar-refractivity contribution is 0.660. The Balaban J connectivity index is 1.51. The van der Waals surface area contributed by atoms with Crippen LogP contribution in [-0.4, -0.2) is 0 Å². The molecule has 1 nitrogen and oxygen atoms in total. The number of rotatable bonds is 4. The Hall–Kier alpha value is -4.62. The highest BCUT2D eigenvalue weighted by molar-refractivity contribution is 6.05. The first kappa shape index (κ1) is 22.6. The molecule has 0 aromatic heterocycles. The summed E-state index contributed by atoms with van der Waals surface area (Å²) in [5.74, 6) is 0. The first-order valence-electron chi connectivity index (χ1n) is 13.3. The van der Waals surface area contributed by atoms with Crippen molar-refractivity contribution in [3.05, 3.63) is 151 Å². The molecule has 1 aliphatic rings. The molecule has 0 saturated heterocycles. The molecule has 7 rings (SSSR count). The van der Waals surface area contributed by atoms with Crippen molar-refractivity contribution >= 4 is 27.8 Å². The van der Waals surface area contributed by atoms with Gasteiger partial charge in [0.2, 0.25) is 0 Å².